The highest BCUT2D eigenvalue weighted by molar-refractivity contribution is 5.91. The number of carbonyl (C=O) groups excluding carboxylic acids is 1. The summed E-state index contributed by atoms with van der Waals surface area (Å²) in [5.74, 6) is -0.0837. The fourth-order valence-electron chi connectivity index (χ4n) is 1.93. The third-order valence-corrected chi connectivity index (χ3v) is 2.99. The van der Waals surface area contributed by atoms with E-state index in [-0.39, 0.29) is 11.6 Å². The minimum atomic E-state index is -0.0837. The molecule has 0 aliphatic heterocycles. The molecule has 0 saturated heterocycles. The van der Waals surface area contributed by atoms with E-state index in [1.807, 2.05) is 0 Å². The highest BCUT2D eigenvalue weighted by Gasteiger charge is 2.04. The third kappa shape index (κ3) is 3.50. The second-order valence-corrected chi connectivity index (χ2v) is 4.66. The molecule has 2 aromatic rings. The van der Waals surface area contributed by atoms with Crippen LogP contribution in [0.4, 0.5) is 11.4 Å². The number of benzene rings is 1. The highest BCUT2D eigenvalue weighted by atomic mass is 16.2. The molecule has 6 heteroatoms. The maximum absolute atomic E-state index is 11.8. The van der Waals surface area contributed by atoms with Crippen LogP contribution >= 0.6 is 0 Å². The maximum Gasteiger partial charge on any atom is 0.327 e. The number of nitrogens with one attached hydrogen (secondary N) is 1. The van der Waals surface area contributed by atoms with Crippen molar-refractivity contribution in [3.63, 3.8) is 0 Å². The van der Waals surface area contributed by atoms with Crippen molar-refractivity contribution in [2.45, 2.75) is 19.4 Å². The monoisotopic (exact) mass is 274 g/mol. The molecule has 0 saturated carbocycles. The summed E-state index contributed by atoms with van der Waals surface area (Å²) in [6.07, 6.45) is 4.39. The number of aromatic nitrogens is 2. The second kappa shape index (κ2) is 6.10. The topological polar surface area (TPSA) is 82.1 Å². The summed E-state index contributed by atoms with van der Waals surface area (Å²) in [6.45, 7) is 0.532. The molecule has 3 N–H and O–H groups in total. The number of nitrogens with two attached hydrogens (primary N) is 1. The lowest BCUT2D eigenvalue weighted by Gasteiger charge is -2.06. The van der Waals surface area contributed by atoms with Gasteiger partial charge in [-0.25, -0.2) is 4.79 Å². The molecule has 0 atom stereocenters. The first-order chi connectivity index (χ1) is 9.56. The van der Waals surface area contributed by atoms with Gasteiger partial charge in [-0.3, -0.25) is 9.36 Å². The quantitative estimate of drug-likeness (QED) is 0.803. The van der Waals surface area contributed by atoms with Gasteiger partial charge in [-0.05, 0) is 24.6 Å². The van der Waals surface area contributed by atoms with Gasteiger partial charge in [0.15, 0.2) is 0 Å². The van der Waals surface area contributed by atoms with Crippen molar-refractivity contribution >= 4 is 17.3 Å². The molecule has 106 valence electrons. The summed E-state index contributed by atoms with van der Waals surface area (Å²) < 4.78 is 3.10. The SMILES string of the molecule is Cn1ccn(CCCC(=O)Nc2cccc(N)c2)c1=O. The van der Waals surface area contributed by atoms with Gasteiger partial charge in [0.2, 0.25) is 5.91 Å². The highest BCUT2D eigenvalue weighted by Crippen LogP contribution is 2.12. The van der Waals surface area contributed by atoms with Crippen LogP contribution in [0.15, 0.2) is 41.5 Å². The van der Waals surface area contributed by atoms with E-state index in [0.29, 0.717) is 30.8 Å². The summed E-state index contributed by atoms with van der Waals surface area (Å²) in [5, 5.41) is 2.78. The number of aryl methyl sites for hydroxylation is 2. The maximum atomic E-state index is 11.8. The smallest absolute Gasteiger partial charge is 0.327 e. The largest absolute Gasteiger partial charge is 0.399 e. The normalized spacial score (nSPS) is 10.4. The van der Waals surface area contributed by atoms with Crippen molar-refractivity contribution < 1.29 is 4.79 Å². The number of hydrogen-bond donors (Lipinski definition) is 2. The summed E-state index contributed by atoms with van der Waals surface area (Å²) >= 11 is 0. The Hall–Kier alpha value is -2.50. The van der Waals surface area contributed by atoms with Crippen molar-refractivity contribution in [2.75, 3.05) is 11.1 Å². The van der Waals surface area contributed by atoms with Crippen LogP contribution in [0.3, 0.4) is 0 Å². The summed E-state index contributed by atoms with van der Waals surface area (Å²) in [4.78, 5) is 23.3. The van der Waals surface area contributed by atoms with Gasteiger partial charge >= 0.3 is 5.69 Å². The van der Waals surface area contributed by atoms with Crippen molar-refractivity contribution in [1.29, 1.82) is 0 Å². The summed E-state index contributed by atoms with van der Waals surface area (Å²) in [5.41, 5.74) is 6.87. The molecule has 0 bridgehead atoms. The van der Waals surface area contributed by atoms with Gasteiger partial charge in [-0.2, -0.15) is 0 Å². The molecule has 1 aromatic heterocycles. The van der Waals surface area contributed by atoms with Gasteiger partial charge < -0.3 is 15.6 Å². The van der Waals surface area contributed by atoms with Crippen LogP contribution in [0.25, 0.3) is 0 Å². The van der Waals surface area contributed by atoms with Crippen molar-refractivity contribution in [2.24, 2.45) is 7.05 Å². The molecule has 6 nitrogen and oxygen atoms in total. The Morgan fingerprint density at radius 2 is 2.15 bits per heavy atom. The van der Waals surface area contributed by atoms with Crippen molar-refractivity contribution in [3.05, 3.63) is 47.1 Å². The number of hydrogen-bond acceptors (Lipinski definition) is 3. The van der Waals surface area contributed by atoms with E-state index in [9.17, 15) is 9.59 Å². The van der Waals surface area contributed by atoms with Gasteiger partial charge in [-0.1, -0.05) is 6.07 Å². The van der Waals surface area contributed by atoms with E-state index in [0.717, 1.165) is 0 Å². The van der Waals surface area contributed by atoms with E-state index < -0.39 is 0 Å². The number of amides is 1. The zero-order valence-corrected chi connectivity index (χ0v) is 11.4. The molecule has 2 rings (SSSR count). The standard InChI is InChI=1S/C14H18N4O2/c1-17-8-9-18(14(17)20)7-3-6-13(19)16-12-5-2-4-11(15)10-12/h2,4-5,8-10H,3,6-7,15H2,1H3,(H,16,19). The van der Waals surface area contributed by atoms with Gasteiger partial charge in [0.1, 0.15) is 0 Å². The Bertz CT molecular complexity index is 657. The number of rotatable bonds is 5. The minimum Gasteiger partial charge on any atom is -0.399 e. The first kappa shape index (κ1) is 13.9. The minimum absolute atomic E-state index is 0.0683. The van der Waals surface area contributed by atoms with E-state index in [4.69, 9.17) is 5.73 Å². The molecule has 0 spiro atoms. The van der Waals surface area contributed by atoms with Crippen LogP contribution in [-0.2, 0) is 18.4 Å². The molecule has 0 unspecified atom stereocenters. The first-order valence-corrected chi connectivity index (χ1v) is 6.43. The Morgan fingerprint density at radius 1 is 1.35 bits per heavy atom. The number of carbonyl (C=O) groups is 1. The average Bonchev–Trinajstić information content (AvgIpc) is 2.71. The molecule has 1 heterocycles. The Kier molecular flexibility index (Phi) is 4.24. The predicted octanol–water partition coefficient (Wildman–Crippen LogP) is 1.19. The van der Waals surface area contributed by atoms with Crippen LogP contribution in [-0.4, -0.2) is 15.0 Å². The summed E-state index contributed by atoms with van der Waals surface area (Å²) in [6, 6.07) is 7.04. The zero-order chi connectivity index (χ0) is 14.5. The Morgan fingerprint density at radius 3 is 2.80 bits per heavy atom. The molecule has 0 aliphatic rings. The van der Waals surface area contributed by atoms with Gasteiger partial charge in [-0.15, -0.1) is 0 Å². The fraction of sp³-hybridized carbons (Fsp3) is 0.286. The van der Waals surface area contributed by atoms with Crippen molar-refractivity contribution in [3.8, 4) is 0 Å². The number of anilines is 2. The van der Waals surface area contributed by atoms with E-state index in [1.54, 1.807) is 48.3 Å². The lowest BCUT2D eigenvalue weighted by molar-refractivity contribution is -0.116. The lowest BCUT2D eigenvalue weighted by atomic mass is 10.2. The molecular formula is C14H18N4O2. The molecular weight excluding hydrogens is 256 g/mol. The van der Waals surface area contributed by atoms with E-state index >= 15 is 0 Å². The van der Waals surface area contributed by atoms with Gasteiger partial charge in [0.25, 0.3) is 0 Å². The molecule has 1 aromatic carbocycles. The number of nitrogens with zero attached hydrogens (tertiary/aromatic N) is 2. The number of imidazole rings is 1. The van der Waals surface area contributed by atoms with Gasteiger partial charge in [0, 0.05) is 43.8 Å². The molecule has 0 radical (unpaired) electrons. The molecule has 1 amide bonds. The van der Waals surface area contributed by atoms with E-state index in [2.05, 4.69) is 5.32 Å². The van der Waals surface area contributed by atoms with Crippen LogP contribution < -0.4 is 16.7 Å². The first-order valence-electron chi connectivity index (χ1n) is 6.43. The molecule has 0 fully saturated rings. The summed E-state index contributed by atoms with van der Waals surface area (Å²) in [7, 11) is 1.70. The third-order valence-electron chi connectivity index (χ3n) is 2.99. The lowest BCUT2D eigenvalue weighted by Crippen LogP contribution is -2.22. The Balaban J connectivity index is 1.81. The predicted molar refractivity (Wildman–Crippen MR) is 78.4 cm³/mol. The van der Waals surface area contributed by atoms with Crippen LogP contribution in [0.5, 0.6) is 0 Å². The average molecular weight is 274 g/mol. The van der Waals surface area contributed by atoms with Gasteiger partial charge in [0.05, 0.1) is 0 Å². The van der Waals surface area contributed by atoms with Crippen LogP contribution in [0.1, 0.15) is 12.8 Å². The Labute approximate surface area is 116 Å². The van der Waals surface area contributed by atoms with Crippen LogP contribution in [0.2, 0.25) is 0 Å². The van der Waals surface area contributed by atoms with E-state index in [1.165, 1.54) is 4.57 Å². The fourth-order valence-corrected chi connectivity index (χ4v) is 1.93. The second-order valence-electron chi connectivity index (χ2n) is 4.66. The zero-order valence-electron chi connectivity index (χ0n) is 11.4. The van der Waals surface area contributed by atoms with Crippen molar-refractivity contribution in [1.82, 2.24) is 9.13 Å². The molecule has 20 heavy (non-hydrogen) atoms. The number of nitrogen functional groups attached to an aromatic ring is 1. The molecule has 0 aliphatic carbocycles. The van der Waals surface area contributed by atoms with Crippen LogP contribution in [0, 0.1) is 0 Å².